The zero-order chi connectivity index (χ0) is 23.9. The van der Waals surface area contributed by atoms with Crippen LogP contribution in [-0.2, 0) is 14.2 Å². The highest BCUT2D eigenvalue weighted by molar-refractivity contribution is 6.07. The number of benzene rings is 3. The van der Waals surface area contributed by atoms with Crippen LogP contribution in [0.25, 0.3) is 11.1 Å². The van der Waals surface area contributed by atoms with Crippen LogP contribution >= 0.6 is 0 Å². The maximum absolute atomic E-state index is 13.0. The number of carbonyl (C=O) groups excluding carboxylic acids is 2. The van der Waals surface area contributed by atoms with E-state index in [1.54, 1.807) is 56.5 Å². The smallest absolute Gasteiger partial charge is 0.338 e. The summed E-state index contributed by atoms with van der Waals surface area (Å²) in [5, 5.41) is 2.98. The van der Waals surface area contributed by atoms with Gasteiger partial charge in [-0.1, -0.05) is 24.3 Å². The summed E-state index contributed by atoms with van der Waals surface area (Å²) in [6, 6.07) is 19.6. The Morgan fingerprint density at radius 3 is 2.35 bits per heavy atom. The molecular formula is C27H27NO6. The van der Waals surface area contributed by atoms with Crippen LogP contribution in [0.2, 0.25) is 0 Å². The first kappa shape index (κ1) is 23.5. The minimum atomic E-state index is -0.527. The second-order valence-corrected chi connectivity index (χ2v) is 7.68. The zero-order valence-electron chi connectivity index (χ0n) is 19.2. The fourth-order valence-electron chi connectivity index (χ4n) is 3.77. The second kappa shape index (κ2) is 11.0. The van der Waals surface area contributed by atoms with Crippen LogP contribution in [0.4, 0.5) is 5.69 Å². The molecule has 1 aliphatic rings. The molecule has 7 nitrogen and oxygen atoms in total. The number of rotatable bonds is 7. The van der Waals surface area contributed by atoms with Crippen molar-refractivity contribution in [2.24, 2.45) is 0 Å². The van der Waals surface area contributed by atoms with Crippen LogP contribution < -0.4 is 10.1 Å². The quantitative estimate of drug-likeness (QED) is 0.486. The average molecular weight is 462 g/mol. The van der Waals surface area contributed by atoms with Gasteiger partial charge in [-0.05, 0) is 61.4 Å². The predicted octanol–water partition coefficient (Wildman–Crippen LogP) is 5.23. The van der Waals surface area contributed by atoms with Gasteiger partial charge in [0.15, 0.2) is 6.29 Å². The molecular weight excluding hydrogens is 434 g/mol. The molecule has 3 aromatic carbocycles. The van der Waals surface area contributed by atoms with E-state index in [0.717, 1.165) is 17.5 Å². The summed E-state index contributed by atoms with van der Waals surface area (Å²) in [5.41, 5.74) is 3.71. The standard InChI is InChI=1S/C27H27NO6/c1-3-32-26(30)19-11-14-24(28-25(29)18-9-12-20(31-2)13-10-18)23(17-19)21-7-4-5-8-22(21)27-33-15-6-16-34-27/h4-5,7-14,17,27H,3,6,15-16H2,1-2H3,(H,28,29). The number of hydrogen-bond donors (Lipinski definition) is 1. The fraction of sp³-hybridized carbons (Fsp3) is 0.259. The van der Waals surface area contributed by atoms with Crippen LogP contribution in [0.3, 0.4) is 0 Å². The van der Waals surface area contributed by atoms with Crippen molar-refractivity contribution >= 4 is 17.6 Å². The molecule has 3 aromatic rings. The van der Waals surface area contributed by atoms with Gasteiger partial charge in [-0.2, -0.15) is 0 Å². The van der Waals surface area contributed by atoms with E-state index in [1.165, 1.54) is 0 Å². The number of carbonyl (C=O) groups is 2. The van der Waals surface area contributed by atoms with Gasteiger partial charge in [0.1, 0.15) is 5.75 Å². The van der Waals surface area contributed by atoms with Crippen molar-refractivity contribution in [3.8, 4) is 16.9 Å². The Morgan fingerprint density at radius 2 is 1.65 bits per heavy atom. The van der Waals surface area contributed by atoms with Crippen molar-refractivity contribution < 1.29 is 28.5 Å². The Hall–Kier alpha value is -3.68. The number of methoxy groups -OCH3 is 1. The van der Waals surface area contributed by atoms with E-state index in [9.17, 15) is 9.59 Å². The van der Waals surface area contributed by atoms with Crippen molar-refractivity contribution in [2.45, 2.75) is 19.6 Å². The number of anilines is 1. The third-order valence-electron chi connectivity index (χ3n) is 5.46. The van der Waals surface area contributed by atoms with E-state index in [2.05, 4.69) is 5.32 Å². The number of hydrogen-bond acceptors (Lipinski definition) is 6. The second-order valence-electron chi connectivity index (χ2n) is 7.68. The van der Waals surface area contributed by atoms with Gasteiger partial charge in [0, 0.05) is 22.4 Å². The molecule has 0 unspecified atom stereocenters. The first-order valence-electron chi connectivity index (χ1n) is 11.2. The van der Waals surface area contributed by atoms with Crippen LogP contribution in [-0.4, -0.2) is 38.8 Å². The lowest BCUT2D eigenvalue weighted by atomic mass is 9.95. The molecule has 0 radical (unpaired) electrons. The molecule has 1 amide bonds. The maximum atomic E-state index is 13.0. The normalized spacial score (nSPS) is 13.8. The Labute approximate surface area is 198 Å². The van der Waals surface area contributed by atoms with Crippen molar-refractivity contribution in [1.29, 1.82) is 0 Å². The molecule has 4 rings (SSSR count). The highest BCUT2D eigenvalue weighted by atomic mass is 16.7. The van der Waals surface area contributed by atoms with Crippen LogP contribution in [0.5, 0.6) is 5.75 Å². The Balaban J connectivity index is 1.74. The molecule has 0 saturated carbocycles. The summed E-state index contributed by atoms with van der Waals surface area (Å²) < 4.78 is 22.0. The summed E-state index contributed by atoms with van der Waals surface area (Å²) in [4.78, 5) is 25.5. The van der Waals surface area contributed by atoms with E-state index < -0.39 is 12.3 Å². The first-order valence-corrected chi connectivity index (χ1v) is 11.2. The zero-order valence-corrected chi connectivity index (χ0v) is 19.2. The highest BCUT2D eigenvalue weighted by Gasteiger charge is 2.23. The van der Waals surface area contributed by atoms with Gasteiger partial charge in [-0.25, -0.2) is 4.79 Å². The third kappa shape index (κ3) is 5.27. The van der Waals surface area contributed by atoms with Gasteiger partial charge < -0.3 is 24.3 Å². The van der Waals surface area contributed by atoms with Gasteiger partial charge in [-0.15, -0.1) is 0 Å². The van der Waals surface area contributed by atoms with Crippen molar-refractivity contribution in [1.82, 2.24) is 0 Å². The van der Waals surface area contributed by atoms with E-state index in [4.69, 9.17) is 18.9 Å². The highest BCUT2D eigenvalue weighted by Crippen LogP contribution is 2.37. The summed E-state index contributed by atoms with van der Waals surface area (Å²) in [7, 11) is 1.57. The number of ether oxygens (including phenoxy) is 4. The van der Waals surface area contributed by atoms with Crippen molar-refractivity contribution in [3.05, 3.63) is 83.4 Å². The van der Waals surface area contributed by atoms with E-state index in [-0.39, 0.29) is 12.5 Å². The van der Waals surface area contributed by atoms with Crippen LogP contribution in [0, 0.1) is 0 Å². The largest absolute Gasteiger partial charge is 0.497 e. The summed E-state index contributed by atoms with van der Waals surface area (Å²) in [5.74, 6) is -0.0488. The molecule has 1 N–H and O–H groups in total. The number of esters is 1. The molecule has 1 fully saturated rings. The van der Waals surface area contributed by atoms with Crippen LogP contribution in [0.15, 0.2) is 66.7 Å². The van der Waals surface area contributed by atoms with Gasteiger partial charge in [-0.3, -0.25) is 4.79 Å². The predicted molar refractivity (Wildman–Crippen MR) is 128 cm³/mol. The number of nitrogens with one attached hydrogen (secondary N) is 1. The van der Waals surface area contributed by atoms with Gasteiger partial charge in [0.05, 0.1) is 32.5 Å². The molecule has 0 atom stereocenters. The minimum absolute atomic E-state index is 0.268. The SMILES string of the molecule is CCOC(=O)c1ccc(NC(=O)c2ccc(OC)cc2)c(-c2ccccc2C2OCCCO2)c1. The van der Waals surface area contributed by atoms with E-state index in [1.807, 2.05) is 24.3 Å². The average Bonchev–Trinajstić information content (AvgIpc) is 2.89. The van der Waals surface area contributed by atoms with Gasteiger partial charge >= 0.3 is 5.97 Å². The first-order chi connectivity index (χ1) is 16.6. The van der Waals surface area contributed by atoms with Crippen molar-refractivity contribution in [3.63, 3.8) is 0 Å². The van der Waals surface area contributed by atoms with Gasteiger partial charge in [0.25, 0.3) is 5.91 Å². The third-order valence-corrected chi connectivity index (χ3v) is 5.46. The monoisotopic (exact) mass is 461 g/mol. The topological polar surface area (TPSA) is 83.1 Å². The Kier molecular flexibility index (Phi) is 7.57. The molecule has 1 heterocycles. The van der Waals surface area contributed by atoms with Crippen molar-refractivity contribution in [2.75, 3.05) is 32.2 Å². The van der Waals surface area contributed by atoms with Gasteiger partial charge in [0.2, 0.25) is 0 Å². The minimum Gasteiger partial charge on any atom is -0.497 e. The Morgan fingerprint density at radius 1 is 0.941 bits per heavy atom. The van der Waals surface area contributed by atoms with E-state index in [0.29, 0.717) is 41.3 Å². The lowest BCUT2D eigenvalue weighted by Gasteiger charge is -2.26. The number of amides is 1. The summed E-state index contributed by atoms with van der Waals surface area (Å²) in [6.45, 7) is 3.23. The molecule has 0 aliphatic carbocycles. The van der Waals surface area contributed by atoms with E-state index >= 15 is 0 Å². The molecule has 0 spiro atoms. The summed E-state index contributed by atoms with van der Waals surface area (Å²) in [6.07, 6.45) is 0.307. The molecule has 1 saturated heterocycles. The molecule has 7 heteroatoms. The lowest BCUT2D eigenvalue weighted by molar-refractivity contribution is -0.182. The lowest BCUT2D eigenvalue weighted by Crippen LogP contribution is -2.19. The molecule has 0 aromatic heterocycles. The Bertz CT molecular complexity index is 1150. The molecule has 34 heavy (non-hydrogen) atoms. The van der Waals surface area contributed by atoms with Crippen LogP contribution in [0.1, 0.15) is 45.9 Å². The summed E-state index contributed by atoms with van der Waals surface area (Å²) >= 11 is 0. The maximum Gasteiger partial charge on any atom is 0.338 e. The molecule has 176 valence electrons. The molecule has 1 aliphatic heterocycles. The molecule has 0 bridgehead atoms. The fourth-order valence-corrected chi connectivity index (χ4v) is 3.77.